The molecule has 0 atom stereocenters. The Kier molecular flexibility index (Phi) is 4.26. The highest BCUT2D eigenvalue weighted by Crippen LogP contribution is 2.10. The first kappa shape index (κ1) is 11.8. The summed E-state index contributed by atoms with van der Waals surface area (Å²) in [4.78, 5) is 2.30. The summed E-state index contributed by atoms with van der Waals surface area (Å²) in [6, 6.07) is 21.8. The first-order chi connectivity index (χ1) is 8.36. The van der Waals surface area contributed by atoms with E-state index in [4.69, 9.17) is 0 Å². The van der Waals surface area contributed by atoms with Crippen molar-refractivity contribution in [2.75, 3.05) is 18.5 Å². The molecule has 1 radical (unpaired) electrons. The first-order valence-corrected chi connectivity index (χ1v) is 6.07. The Hall–Kier alpha value is -1.70. The summed E-state index contributed by atoms with van der Waals surface area (Å²) in [5.74, 6) is 0. The lowest BCUT2D eigenvalue weighted by atomic mass is 9.67. The largest absolute Gasteiger partial charge is 0.375 e. The van der Waals surface area contributed by atoms with Crippen LogP contribution in [0.25, 0.3) is 0 Å². The van der Waals surface area contributed by atoms with Crippen LogP contribution >= 0.6 is 0 Å². The highest BCUT2D eigenvalue weighted by Gasteiger charge is 2.00. The standard InChI is InChI=1S/C15H17BN/c1-17(15-10-6-3-7-11-15)13-12-16-14-8-4-2-5-9-14/h3-11,16H,12-13H2,1H3. The lowest BCUT2D eigenvalue weighted by Gasteiger charge is -2.18. The molecule has 0 unspecified atom stereocenters. The Labute approximate surface area is 104 Å². The van der Waals surface area contributed by atoms with Gasteiger partial charge in [0.05, 0.1) is 0 Å². The van der Waals surface area contributed by atoms with E-state index in [1.807, 2.05) is 12.1 Å². The summed E-state index contributed by atoms with van der Waals surface area (Å²) >= 11 is 0. The molecule has 0 fully saturated rings. The molecule has 0 aliphatic carbocycles. The van der Waals surface area contributed by atoms with Gasteiger partial charge < -0.3 is 4.90 Å². The molecule has 2 rings (SSSR count). The summed E-state index contributed by atoms with van der Waals surface area (Å²) in [5, 5.41) is 0. The molecule has 0 aliphatic rings. The summed E-state index contributed by atoms with van der Waals surface area (Å²) in [7, 11) is 3.28. The third-order valence-corrected chi connectivity index (χ3v) is 2.94. The average Bonchev–Trinajstić information content (AvgIpc) is 2.41. The van der Waals surface area contributed by atoms with E-state index < -0.39 is 0 Å². The zero-order chi connectivity index (χ0) is 11.9. The van der Waals surface area contributed by atoms with E-state index in [9.17, 15) is 0 Å². The normalized spacial score (nSPS) is 9.94. The van der Waals surface area contributed by atoms with E-state index in [-0.39, 0.29) is 0 Å². The van der Waals surface area contributed by atoms with Crippen LogP contribution in [-0.2, 0) is 0 Å². The molecule has 0 N–H and O–H groups in total. The fourth-order valence-corrected chi connectivity index (χ4v) is 1.92. The van der Waals surface area contributed by atoms with Gasteiger partial charge in [-0.1, -0.05) is 54.2 Å². The maximum atomic E-state index is 3.05. The number of hydrogen-bond donors (Lipinski definition) is 0. The smallest absolute Gasteiger partial charge is 0.159 e. The molecular weight excluding hydrogens is 205 g/mol. The zero-order valence-electron chi connectivity index (χ0n) is 10.3. The van der Waals surface area contributed by atoms with Gasteiger partial charge in [0, 0.05) is 19.3 Å². The molecule has 0 bridgehead atoms. The van der Waals surface area contributed by atoms with Gasteiger partial charge in [0.15, 0.2) is 7.28 Å². The van der Waals surface area contributed by atoms with Gasteiger partial charge >= 0.3 is 0 Å². The van der Waals surface area contributed by atoms with Crippen molar-refractivity contribution in [2.45, 2.75) is 6.32 Å². The fourth-order valence-electron chi connectivity index (χ4n) is 1.92. The minimum absolute atomic E-state index is 1.09. The predicted molar refractivity (Wildman–Crippen MR) is 76.6 cm³/mol. The summed E-state index contributed by atoms with van der Waals surface area (Å²) in [6.07, 6.45) is 1.18. The Bertz CT molecular complexity index is 427. The van der Waals surface area contributed by atoms with Gasteiger partial charge in [0.25, 0.3) is 0 Å². The van der Waals surface area contributed by atoms with Crippen LogP contribution in [0.1, 0.15) is 0 Å². The second-order valence-electron chi connectivity index (χ2n) is 4.27. The molecule has 0 saturated carbocycles. The van der Waals surface area contributed by atoms with E-state index in [1.165, 1.54) is 17.5 Å². The lowest BCUT2D eigenvalue weighted by Crippen LogP contribution is -2.23. The average molecular weight is 222 g/mol. The minimum atomic E-state index is 1.09. The van der Waals surface area contributed by atoms with Crippen LogP contribution in [0, 0.1) is 6.07 Å². The van der Waals surface area contributed by atoms with Crippen LogP contribution in [0.3, 0.4) is 0 Å². The molecular formula is C15H17BN. The molecule has 0 aromatic heterocycles. The van der Waals surface area contributed by atoms with E-state index in [0.29, 0.717) is 0 Å². The van der Waals surface area contributed by atoms with Crippen molar-refractivity contribution in [1.29, 1.82) is 0 Å². The molecule has 0 saturated heterocycles. The van der Waals surface area contributed by atoms with Crippen molar-refractivity contribution in [2.24, 2.45) is 0 Å². The molecule has 0 amide bonds. The third-order valence-electron chi connectivity index (χ3n) is 2.94. The van der Waals surface area contributed by atoms with Gasteiger partial charge in [0.2, 0.25) is 0 Å². The minimum Gasteiger partial charge on any atom is -0.375 e. The molecule has 0 spiro atoms. The maximum Gasteiger partial charge on any atom is 0.159 e. The van der Waals surface area contributed by atoms with Crippen molar-refractivity contribution >= 4 is 18.4 Å². The lowest BCUT2D eigenvalue weighted by molar-refractivity contribution is 0.963. The monoisotopic (exact) mass is 222 g/mol. The van der Waals surface area contributed by atoms with E-state index >= 15 is 0 Å². The van der Waals surface area contributed by atoms with E-state index in [1.54, 1.807) is 0 Å². The van der Waals surface area contributed by atoms with Crippen LogP contribution in [-0.4, -0.2) is 20.9 Å². The topological polar surface area (TPSA) is 3.24 Å². The van der Waals surface area contributed by atoms with Gasteiger partial charge in [0.1, 0.15) is 0 Å². The van der Waals surface area contributed by atoms with Crippen molar-refractivity contribution < 1.29 is 0 Å². The third kappa shape index (κ3) is 3.67. The van der Waals surface area contributed by atoms with Gasteiger partial charge in [-0.05, 0) is 18.2 Å². The summed E-state index contributed by atoms with van der Waals surface area (Å²) in [6.45, 7) is 1.09. The van der Waals surface area contributed by atoms with Crippen LogP contribution in [0.2, 0.25) is 6.32 Å². The van der Waals surface area contributed by atoms with Crippen molar-refractivity contribution in [3.05, 3.63) is 60.7 Å². The van der Waals surface area contributed by atoms with Crippen LogP contribution in [0.15, 0.2) is 54.6 Å². The number of hydrogen-bond acceptors (Lipinski definition) is 1. The number of nitrogens with zero attached hydrogens (tertiary/aromatic N) is 1. The van der Waals surface area contributed by atoms with Crippen molar-refractivity contribution in [1.82, 2.24) is 0 Å². The summed E-state index contributed by atoms with van der Waals surface area (Å²) in [5.41, 5.74) is 2.68. The molecule has 2 aromatic carbocycles. The molecule has 0 heterocycles. The number of anilines is 1. The highest BCUT2D eigenvalue weighted by atomic mass is 15.1. The SMILES string of the molecule is CN(CCBc1cc[c]cc1)c1ccccc1. The second-order valence-corrected chi connectivity index (χ2v) is 4.27. The van der Waals surface area contributed by atoms with Crippen molar-refractivity contribution in [3.8, 4) is 0 Å². The number of para-hydroxylation sites is 1. The van der Waals surface area contributed by atoms with Crippen LogP contribution < -0.4 is 10.4 Å². The Morgan fingerprint density at radius 1 is 1.06 bits per heavy atom. The second kappa shape index (κ2) is 6.14. The van der Waals surface area contributed by atoms with E-state index in [2.05, 4.69) is 60.5 Å². The number of rotatable bonds is 5. The summed E-state index contributed by atoms with van der Waals surface area (Å²) < 4.78 is 0. The predicted octanol–water partition coefficient (Wildman–Crippen LogP) is 2.10. The molecule has 85 valence electrons. The van der Waals surface area contributed by atoms with Gasteiger partial charge in [-0.15, -0.1) is 0 Å². The quantitative estimate of drug-likeness (QED) is 0.700. The molecule has 2 aromatic rings. The van der Waals surface area contributed by atoms with Gasteiger partial charge in [-0.2, -0.15) is 0 Å². The molecule has 0 aliphatic heterocycles. The first-order valence-electron chi connectivity index (χ1n) is 6.07. The molecule has 1 nitrogen and oxygen atoms in total. The van der Waals surface area contributed by atoms with Gasteiger partial charge in [-0.3, -0.25) is 0 Å². The molecule has 17 heavy (non-hydrogen) atoms. The zero-order valence-corrected chi connectivity index (χ0v) is 10.3. The van der Waals surface area contributed by atoms with Crippen molar-refractivity contribution in [3.63, 3.8) is 0 Å². The molecule has 2 heteroatoms. The Morgan fingerprint density at radius 2 is 1.76 bits per heavy atom. The maximum absolute atomic E-state index is 3.05. The van der Waals surface area contributed by atoms with E-state index in [0.717, 1.165) is 13.8 Å². The van der Waals surface area contributed by atoms with Gasteiger partial charge in [-0.25, -0.2) is 0 Å². The Morgan fingerprint density at radius 3 is 2.47 bits per heavy atom. The number of benzene rings is 2. The highest BCUT2D eigenvalue weighted by molar-refractivity contribution is 6.53. The Balaban J connectivity index is 1.79. The fraction of sp³-hybridized carbons (Fsp3) is 0.200. The van der Waals surface area contributed by atoms with Crippen LogP contribution in [0.5, 0.6) is 0 Å². The van der Waals surface area contributed by atoms with Crippen LogP contribution in [0.4, 0.5) is 5.69 Å².